The molecule has 0 saturated carbocycles. The number of carbonyl (C=O) groups is 1. The number of hydrogen-bond donors (Lipinski definition) is 6. The first-order chi connectivity index (χ1) is 26.8. The van der Waals surface area contributed by atoms with E-state index < -0.39 is 49.5 Å². The van der Waals surface area contributed by atoms with Gasteiger partial charge in [-0.2, -0.15) is 0 Å². The minimum Gasteiger partial charge on any atom is -0.394 e. The molecule has 1 aliphatic rings. The van der Waals surface area contributed by atoms with Crippen molar-refractivity contribution < 1.29 is 39.8 Å². The number of hydrogen-bond acceptors (Lipinski definition) is 8. The van der Waals surface area contributed by atoms with E-state index in [1.54, 1.807) is 0 Å². The van der Waals surface area contributed by atoms with Gasteiger partial charge in [0.2, 0.25) is 5.91 Å². The Balaban J connectivity index is 2.32. The molecule has 0 aromatic heterocycles. The van der Waals surface area contributed by atoms with Gasteiger partial charge in [-0.15, -0.1) is 0 Å². The van der Waals surface area contributed by atoms with Crippen LogP contribution in [0.25, 0.3) is 0 Å². The number of rotatable bonds is 39. The first kappa shape index (κ1) is 51.9. The summed E-state index contributed by atoms with van der Waals surface area (Å²) in [6, 6.07) is -0.718. The Kier molecular flexibility index (Phi) is 35.2. The van der Waals surface area contributed by atoms with Crippen LogP contribution in [0, 0.1) is 0 Å². The summed E-state index contributed by atoms with van der Waals surface area (Å²) >= 11 is 0. The molecule has 1 aliphatic heterocycles. The second-order valence-corrected chi connectivity index (χ2v) is 16.6. The number of unbranched alkanes of at least 4 members (excludes halogenated alkanes) is 27. The zero-order valence-corrected chi connectivity index (χ0v) is 35.7. The molecule has 0 aromatic carbocycles. The van der Waals surface area contributed by atoms with Crippen LogP contribution in [0.3, 0.4) is 0 Å². The largest absolute Gasteiger partial charge is 0.394 e. The lowest BCUT2D eigenvalue weighted by Crippen LogP contribution is -2.60. The SMILES string of the molecule is CCCCCCCCCCC/C=C\CCCCCCCC(=O)NC(COC1OC(CO)C(O)C(O)C1O)C(O)CCCCCCCCCCCCCCCC. The molecular weight excluding hydrogens is 695 g/mol. The van der Waals surface area contributed by atoms with Crippen molar-refractivity contribution >= 4 is 5.91 Å². The second-order valence-electron chi connectivity index (χ2n) is 16.6. The summed E-state index contributed by atoms with van der Waals surface area (Å²) in [7, 11) is 0. The van der Waals surface area contributed by atoms with Crippen molar-refractivity contribution in [2.24, 2.45) is 0 Å². The van der Waals surface area contributed by atoms with Gasteiger partial charge in [0, 0.05) is 6.42 Å². The van der Waals surface area contributed by atoms with E-state index in [0.717, 1.165) is 51.4 Å². The van der Waals surface area contributed by atoms with Gasteiger partial charge in [0.05, 0.1) is 25.4 Å². The zero-order valence-electron chi connectivity index (χ0n) is 35.7. The third-order valence-electron chi connectivity index (χ3n) is 11.4. The molecule has 9 nitrogen and oxygen atoms in total. The van der Waals surface area contributed by atoms with Crippen LogP contribution in [0.5, 0.6) is 0 Å². The standard InChI is InChI=1S/C46H89NO8/c1-3-5-7-9-11-13-15-17-19-20-21-22-24-26-28-30-32-34-36-42(50)47-39(38-54-46-45(53)44(52)43(51)41(37-48)55-46)40(49)35-33-31-29-27-25-23-18-16-14-12-10-8-6-4-2/h21-22,39-41,43-46,48-49,51-53H,3-20,23-38H2,1-2H3,(H,47,50)/b22-21-. The molecule has 1 rings (SSSR count). The molecule has 55 heavy (non-hydrogen) atoms. The van der Waals surface area contributed by atoms with Gasteiger partial charge >= 0.3 is 0 Å². The van der Waals surface area contributed by atoms with Gasteiger partial charge in [0.1, 0.15) is 24.4 Å². The van der Waals surface area contributed by atoms with Gasteiger partial charge in [-0.3, -0.25) is 4.79 Å². The van der Waals surface area contributed by atoms with Crippen molar-refractivity contribution in [1.29, 1.82) is 0 Å². The van der Waals surface area contributed by atoms with Gasteiger partial charge in [-0.25, -0.2) is 0 Å². The highest BCUT2D eigenvalue weighted by molar-refractivity contribution is 5.76. The average Bonchev–Trinajstić information content (AvgIpc) is 3.18. The maximum atomic E-state index is 13.0. The molecule has 7 atom stereocenters. The molecule has 7 unspecified atom stereocenters. The molecule has 326 valence electrons. The van der Waals surface area contributed by atoms with E-state index >= 15 is 0 Å². The normalized spacial score (nSPS) is 21.3. The van der Waals surface area contributed by atoms with E-state index in [1.807, 2.05) is 0 Å². The van der Waals surface area contributed by atoms with Crippen LogP contribution in [0.2, 0.25) is 0 Å². The van der Waals surface area contributed by atoms with Gasteiger partial charge in [0.15, 0.2) is 6.29 Å². The predicted molar refractivity (Wildman–Crippen MR) is 226 cm³/mol. The summed E-state index contributed by atoms with van der Waals surface area (Å²) in [5.41, 5.74) is 0. The van der Waals surface area contributed by atoms with Crippen molar-refractivity contribution in [2.75, 3.05) is 13.2 Å². The number of carbonyl (C=O) groups excluding carboxylic acids is 1. The highest BCUT2D eigenvalue weighted by Crippen LogP contribution is 2.23. The van der Waals surface area contributed by atoms with Gasteiger partial charge in [-0.05, 0) is 38.5 Å². The lowest BCUT2D eigenvalue weighted by molar-refractivity contribution is -0.302. The average molecular weight is 784 g/mol. The number of aliphatic hydroxyl groups excluding tert-OH is 5. The molecule has 0 spiro atoms. The van der Waals surface area contributed by atoms with Crippen molar-refractivity contribution in [3.8, 4) is 0 Å². The van der Waals surface area contributed by atoms with Crippen LogP contribution in [0.4, 0.5) is 0 Å². The predicted octanol–water partition coefficient (Wildman–Crippen LogP) is 9.73. The molecule has 0 bridgehead atoms. The first-order valence-electron chi connectivity index (χ1n) is 23.4. The lowest BCUT2D eigenvalue weighted by Gasteiger charge is -2.40. The van der Waals surface area contributed by atoms with E-state index in [2.05, 4.69) is 31.3 Å². The van der Waals surface area contributed by atoms with E-state index in [4.69, 9.17) is 9.47 Å². The Bertz CT molecular complexity index is 873. The smallest absolute Gasteiger partial charge is 0.220 e. The van der Waals surface area contributed by atoms with Crippen LogP contribution in [-0.2, 0) is 14.3 Å². The maximum Gasteiger partial charge on any atom is 0.220 e. The van der Waals surface area contributed by atoms with Gasteiger partial charge in [-0.1, -0.05) is 187 Å². The number of aliphatic hydroxyl groups is 5. The molecule has 1 amide bonds. The van der Waals surface area contributed by atoms with Crippen molar-refractivity contribution in [3.05, 3.63) is 12.2 Å². The maximum absolute atomic E-state index is 13.0. The molecule has 1 fully saturated rings. The van der Waals surface area contributed by atoms with E-state index in [-0.39, 0.29) is 12.5 Å². The minimum atomic E-state index is -1.55. The third-order valence-corrected chi connectivity index (χ3v) is 11.4. The van der Waals surface area contributed by atoms with Crippen LogP contribution in [0.1, 0.15) is 219 Å². The fourth-order valence-corrected chi connectivity index (χ4v) is 7.57. The Labute approximate surface area is 337 Å². The fourth-order valence-electron chi connectivity index (χ4n) is 7.57. The number of ether oxygens (including phenoxy) is 2. The summed E-state index contributed by atoms with van der Waals surface area (Å²) in [5.74, 6) is -0.151. The monoisotopic (exact) mass is 784 g/mol. The second kappa shape index (κ2) is 37.2. The highest BCUT2D eigenvalue weighted by Gasteiger charge is 2.44. The van der Waals surface area contributed by atoms with Gasteiger partial charge in [0.25, 0.3) is 0 Å². The van der Waals surface area contributed by atoms with Crippen LogP contribution in [0.15, 0.2) is 12.2 Å². The Morgan fingerprint density at radius 2 is 1.02 bits per heavy atom. The summed E-state index contributed by atoms with van der Waals surface area (Å²) < 4.78 is 11.3. The van der Waals surface area contributed by atoms with Crippen LogP contribution < -0.4 is 5.32 Å². The van der Waals surface area contributed by atoms with Crippen molar-refractivity contribution in [1.82, 2.24) is 5.32 Å². The Morgan fingerprint density at radius 1 is 0.600 bits per heavy atom. The molecule has 9 heteroatoms. The quantitative estimate of drug-likeness (QED) is 0.0267. The summed E-state index contributed by atoms with van der Waals surface area (Å²) in [6.07, 6.45) is 35.0. The lowest BCUT2D eigenvalue weighted by atomic mass is 9.99. The van der Waals surface area contributed by atoms with E-state index in [0.29, 0.717) is 12.8 Å². The van der Waals surface area contributed by atoms with Crippen molar-refractivity contribution in [3.63, 3.8) is 0 Å². The van der Waals surface area contributed by atoms with E-state index in [9.17, 15) is 30.3 Å². The Hall–Kier alpha value is -1.07. The minimum absolute atomic E-state index is 0.138. The van der Waals surface area contributed by atoms with E-state index in [1.165, 1.54) is 141 Å². The molecule has 6 N–H and O–H groups in total. The van der Waals surface area contributed by atoms with Crippen molar-refractivity contribution in [2.45, 2.75) is 262 Å². The summed E-state index contributed by atoms with van der Waals surface area (Å²) in [5, 5.41) is 54.3. The third kappa shape index (κ3) is 28.1. The first-order valence-corrected chi connectivity index (χ1v) is 23.4. The number of nitrogens with one attached hydrogen (secondary N) is 1. The highest BCUT2D eigenvalue weighted by atomic mass is 16.7. The molecule has 0 radical (unpaired) electrons. The molecule has 0 aromatic rings. The molecule has 0 aliphatic carbocycles. The number of amides is 1. The summed E-state index contributed by atoms with van der Waals surface area (Å²) in [4.78, 5) is 13.0. The zero-order chi connectivity index (χ0) is 40.2. The topological polar surface area (TPSA) is 149 Å². The summed E-state index contributed by atoms with van der Waals surface area (Å²) in [6.45, 7) is 3.83. The fraction of sp³-hybridized carbons (Fsp3) is 0.935. The molecule has 1 saturated heterocycles. The molecular formula is C46H89NO8. The van der Waals surface area contributed by atoms with Gasteiger partial charge < -0.3 is 40.3 Å². The number of allylic oxidation sites excluding steroid dienone is 2. The Morgan fingerprint density at radius 3 is 1.47 bits per heavy atom. The van der Waals surface area contributed by atoms with Crippen LogP contribution in [-0.4, -0.2) is 87.5 Å². The molecule has 1 heterocycles. The van der Waals surface area contributed by atoms with Crippen LogP contribution >= 0.6 is 0 Å².